The smallest absolute Gasteiger partial charge is 0.132 e. The van der Waals surface area contributed by atoms with E-state index >= 15 is 0 Å². The SMILES string of the molecule is CN(C)N=Cc1ccc(OCc2ccccc2)cc1OCc1ccccc1. The van der Waals surface area contributed by atoms with Crippen molar-refractivity contribution < 1.29 is 9.47 Å². The Morgan fingerprint density at radius 2 is 1.37 bits per heavy atom. The molecular weight excluding hydrogens is 336 g/mol. The summed E-state index contributed by atoms with van der Waals surface area (Å²) in [5.41, 5.74) is 3.15. The fourth-order valence-corrected chi connectivity index (χ4v) is 2.49. The van der Waals surface area contributed by atoms with Crippen LogP contribution in [-0.4, -0.2) is 25.3 Å². The summed E-state index contributed by atoms with van der Waals surface area (Å²) >= 11 is 0. The third-order valence-corrected chi connectivity index (χ3v) is 3.90. The van der Waals surface area contributed by atoms with Gasteiger partial charge in [0.2, 0.25) is 0 Å². The fourth-order valence-electron chi connectivity index (χ4n) is 2.49. The number of ether oxygens (including phenoxy) is 2. The van der Waals surface area contributed by atoms with Crippen molar-refractivity contribution in [2.24, 2.45) is 5.10 Å². The monoisotopic (exact) mass is 360 g/mol. The summed E-state index contributed by atoms with van der Waals surface area (Å²) in [6.45, 7) is 1.01. The van der Waals surface area contributed by atoms with E-state index in [1.54, 1.807) is 11.2 Å². The quantitative estimate of drug-likeness (QED) is 0.430. The van der Waals surface area contributed by atoms with Gasteiger partial charge in [0.1, 0.15) is 24.7 Å². The Kier molecular flexibility index (Phi) is 6.47. The maximum Gasteiger partial charge on any atom is 0.132 e. The van der Waals surface area contributed by atoms with Crippen molar-refractivity contribution in [3.8, 4) is 11.5 Å². The van der Waals surface area contributed by atoms with Gasteiger partial charge in [0.15, 0.2) is 0 Å². The van der Waals surface area contributed by atoms with Crippen LogP contribution in [0, 0.1) is 0 Å². The summed E-state index contributed by atoms with van der Waals surface area (Å²) in [4.78, 5) is 0. The maximum atomic E-state index is 6.06. The van der Waals surface area contributed by atoms with Crippen LogP contribution in [0.2, 0.25) is 0 Å². The highest BCUT2D eigenvalue weighted by Crippen LogP contribution is 2.25. The van der Waals surface area contributed by atoms with Gasteiger partial charge in [-0.25, -0.2) is 0 Å². The van der Waals surface area contributed by atoms with Gasteiger partial charge >= 0.3 is 0 Å². The van der Waals surface area contributed by atoms with Gasteiger partial charge in [0.25, 0.3) is 0 Å². The van der Waals surface area contributed by atoms with E-state index in [-0.39, 0.29) is 0 Å². The molecule has 0 aliphatic carbocycles. The van der Waals surface area contributed by atoms with Crippen LogP contribution in [0.25, 0.3) is 0 Å². The molecule has 0 heterocycles. The third-order valence-electron chi connectivity index (χ3n) is 3.90. The summed E-state index contributed by atoms with van der Waals surface area (Å²) in [5, 5.41) is 6.07. The Morgan fingerprint density at radius 3 is 1.96 bits per heavy atom. The van der Waals surface area contributed by atoms with Gasteiger partial charge in [0, 0.05) is 25.7 Å². The first kappa shape index (κ1) is 18.5. The molecule has 27 heavy (non-hydrogen) atoms. The lowest BCUT2D eigenvalue weighted by molar-refractivity contribution is 0.289. The molecule has 4 nitrogen and oxygen atoms in total. The minimum atomic E-state index is 0.492. The van der Waals surface area contributed by atoms with E-state index in [0.29, 0.717) is 13.2 Å². The van der Waals surface area contributed by atoms with Crippen molar-refractivity contribution in [2.75, 3.05) is 14.1 Å². The first-order valence-electron chi connectivity index (χ1n) is 8.89. The largest absolute Gasteiger partial charge is 0.489 e. The van der Waals surface area contributed by atoms with Crippen molar-refractivity contribution in [2.45, 2.75) is 13.2 Å². The van der Waals surface area contributed by atoms with Crippen molar-refractivity contribution in [3.63, 3.8) is 0 Å². The van der Waals surface area contributed by atoms with Crippen LogP contribution in [0.5, 0.6) is 11.5 Å². The molecule has 0 aliphatic heterocycles. The number of hydrogen-bond acceptors (Lipinski definition) is 4. The average molecular weight is 360 g/mol. The van der Waals surface area contributed by atoms with Crippen LogP contribution in [0.3, 0.4) is 0 Å². The highest BCUT2D eigenvalue weighted by molar-refractivity contribution is 5.83. The number of nitrogens with zero attached hydrogens (tertiary/aromatic N) is 2. The van der Waals surface area contributed by atoms with Gasteiger partial charge < -0.3 is 14.5 Å². The molecule has 0 aromatic heterocycles. The minimum Gasteiger partial charge on any atom is -0.489 e. The summed E-state index contributed by atoms with van der Waals surface area (Å²) in [5.74, 6) is 1.51. The molecule has 0 fully saturated rings. The van der Waals surface area contributed by atoms with Gasteiger partial charge in [0.05, 0.1) is 6.21 Å². The van der Waals surface area contributed by atoms with Crippen LogP contribution in [0.15, 0.2) is 84.0 Å². The van der Waals surface area contributed by atoms with E-state index in [4.69, 9.17) is 9.47 Å². The molecule has 0 unspecified atom stereocenters. The zero-order valence-corrected chi connectivity index (χ0v) is 15.7. The fraction of sp³-hybridized carbons (Fsp3) is 0.174. The van der Waals surface area contributed by atoms with Crippen LogP contribution in [0.4, 0.5) is 0 Å². The molecule has 0 bridgehead atoms. The molecule has 0 saturated carbocycles. The first-order chi connectivity index (χ1) is 13.2. The van der Waals surface area contributed by atoms with Crippen LogP contribution >= 0.6 is 0 Å². The van der Waals surface area contributed by atoms with Crippen molar-refractivity contribution in [3.05, 3.63) is 95.6 Å². The van der Waals surface area contributed by atoms with Crippen LogP contribution in [-0.2, 0) is 13.2 Å². The minimum absolute atomic E-state index is 0.492. The van der Waals surface area contributed by atoms with Crippen molar-refractivity contribution in [1.82, 2.24) is 5.01 Å². The number of rotatable bonds is 8. The Labute approximate surface area is 160 Å². The molecule has 0 aliphatic rings. The zero-order chi connectivity index (χ0) is 18.9. The zero-order valence-electron chi connectivity index (χ0n) is 15.7. The van der Waals surface area contributed by atoms with Crippen molar-refractivity contribution in [1.29, 1.82) is 0 Å². The first-order valence-corrected chi connectivity index (χ1v) is 8.89. The Hall–Kier alpha value is -3.27. The molecule has 0 amide bonds. The summed E-state index contributed by atoms with van der Waals surface area (Å²) in [6.07, 6.45) is 1.79. The van der Waals surface area contributed by atoms with E-state index in [1.807, 2.05) is 93.0 Å². The Bertz CT molecular complexity index is 862. The molecular formula is C23H24N2O2. The summed E-state index contributed by atoms with van der Waals surface area (Å²) in [6, 6.07) is 26.0. The molecule has 0 atom stereocenters. The highest BCUT2D eigenvalue weighted by Gasteiger charge is 2.06. The predicted octanol–water partition coefficient (Wildman–Crippen LogP) is 4.74. The van der Waals surface area contributed by atoms with Gasteiger partial charge in [-0.05, 0) is 23.3 Å². The topological polar surface area (TPSA) is 34.1 Å². The van der Waals surface area contributed by atoms with E-state index in [2.05, 4.69) is 5.10 Å². The average Bonchev–Trinajstić information content (AvgIpc) is 2.71. The molecule has 0 spiro atoms. The molecule has 3 aromatic carbocycles. The Balaban J connectivity index is 1.75. The number of benzene rings is 3. The lowest BCUT2D eigenvalue weighted by Crippen LogP contribution is -2.04. The second kappa shape index (κ2) is 9.43. The van der Waals surface area contributed by atoms with Gasteiger partial charge in [-0.1, -0.05) is 60.7 Å². The van der Waals surface area contributed by atoms with Gasteiger partial charge in [-0.2, -0.15) is 5.10 Å². The van der Waals surface area contributed by atoms with Gasteiger partial charge in [-0.15, -0.1) is 0 Å². The molecule has 0 radical (unpaired) electrons. The van der Waals surface area contributed by atoms with E-state index in [1.165, 1.54) is 0 Å². The van der Waals surface area contributed by atoms with Gasteiger partial charge in [-0.3, -0.25) is 0 Å². The Morgan fingerprint density at radius 1 is 0.778 bits per heavy atom. The second-order valence-corrected chi connectivity index (χ2v) is 6.34. The number of hydrogen-bond donors (Lipinski definition) is 0. The van der Waals surface area contributed by atoms with E-state index in [9.17, 15) is 0 Å². The number of hydrazone groups is 1. The van der Waals surface area contributed by atoms with Crippen molar-refractivity contribution >= 4 is 6.21 Å². The third kappa shape index (κ3) is 5.89. The molecule has 138 valence electrons. The second-order valence-electron chi connectivity index (χ2n) is 6.34. The highest BCUT2D eigenvalue weighted by atomic mass is 16.5. The molecule has 0 saturated heterocycles. The molecule has 3 rings (SSSR count). The van der Waals surface area contributed by atoms with E-state index in [0.717, 1.165) is 28.2 Å². The normalized spacial score (nSPS) is 10.7. The van der Waals surface area contributed by atoms with Crippen LogP contribution in [0.1, 0.15) is 16.7 Å². The molecule has 3 aromatic rings. The van der Waals surface area contributed by atoms with Crippen LogP contribution < -0.4 is 9.47 Å². The lowest BCUT2D eigenvalue weighted by atomic mass is 10.2. The maximum absolute atomic E-state index is 6.06. The van der Waals surface area contributed by atoms with E-state index < -0.39 is 0 Å². The summed E-state index contributed by atoms with van der Waals surface area (Å²) < 4.78 is 12.0. The summed E-state index contributed by atoms with van der Waals surface area (Å²) in [7, 11) is 3.77. The molecule has 4 heteroatoms. The lowest BCUT2D eigenvalue weighted by Gasteiger charge is -2.13. The predicted molar refractivity (Wildman–Crippen MR) is 109 cm³/mol. The molecule has 0 N–H and O–H groups in total. The standard InChI is InChI=1S/C23H24N2O2/c1-25(2)24-16-21-13-14-22(26-17-19-9-5-3-6-10-19)15-23(21)27-18-20-11-7-4-8-12-20/h3-16H,17-18H2,1-2H3.